The molecular formula is C19H14FN3O3S2. The van der Waals surface area contributed by atoms with Gasteiger partial charge in [0.05, 0.1) is 20.0 Å². The third-order valence-corrected chi connectivity index (χ3v) is 6.37. The summed E-state index contributed by atoms with van der Waals surface area (Å²) in [4.78, 5) is 28.2. The summed E-state index contributed by atoms with van der Waals surface area (Å²) in [5.74, 6) is -0.786. The van der Waals surface area contributed by atoms with E-state index < -0.39 is 10.8 Å². The number of hydrogen-bond donors (Lipinski definition) is 0. The number of hydrogen-bond acceptors (Lipinski definition) is 5. The molecule has 2 aromatic heterocycles. The minimum atomic E-state index is -0.470. The van der Waals surface area contributed by atoms with E-state index in [4.69, 9.17) is 0 Å². The first-order chi connectivity index (χ1) is 13.5. The van der Waals surface area contributed by atoms with Crippen molar-refractivity contribution in [3.05, 3.63) is 68.1 Å². The molecule has 0 aliphatic rings. The maximum Gasteiger partial charge on any atom is 0.289 e. The third kappa shape index (κ3) is 3.23. The summed E-state index contributed by atoms with van der Waals surface area (Å²) >= 11 is 2.49. The molecule has 0 fully saturated rings. The number of carbonyl (C=O) groups is 1. The molecule has 9 heteroatoms. The smallest absolute Gasteiger partial charge is 0.289 e. The number of benzene rings is 2. The highest BCUT2D eigenvalue weighted by molar-refractivity contribution is 7.21. The molecule has 0 unspecified atom stereocenters. The van der Waals surface area contributed by atoms with Crippen LogP contribution in [0.2, 0.25) is 0 Å². The van der Waals surface area contributed by atoms with Crippen LogP contribution in [0.3, 0.4) is 0 Å². The van der Waals surface area contributed by atoms with Gasteiger partial charge in [-0.1, -0.05) is 24.3 Å². The van der Waals surface area contributed by atoms with Crippen molar-refractivity contribution in [1.29, 1.82) is 0 Å². The molecule has 28 heavy (non-hydrogen) atoms. The first kappa shape index (κ1) is 18.5. The second kappa shape index (κ2) is 7.25. The third-order valence-electron chi connectivity index (χ3n) is 4.22. The summed E-state index contributed by atoms with van der Waals surface area (Å²) in [5, 5.41) is 11.6. The monoisotopic (exact) mass is 415 g/mol. The van der Waals surface area contributed by atoms with E-state index in [0.29, 0.717) is 27.1 Å². The van der Waals surface area contributed by atoms with Gasteiger partial charge in [-0.15, -0.1) is 11.3 Å². The zero-order valence-electron chi connectivity index (χ0n) is 14.7. The number of amides is 1. The number of carbonyl (C=O) groups excluding carboxylic acids is 1. The van der Waals surface area contributed by atoms with Crippen molar-refractivity contribution in [2.45, 2.75) is 19.9 Å². The van der Waals surface area contributed by atoms with E-state index in [1.165, 1.54) is 40.9 Å². The van der Waals surface area contributed by atoms with Crippen LogP contribution >= 0.6 is 22.7 Å². The Labute approximate surface area is 166 Å². The zero-order chi connectivity index (χ0) is 19.8. The topological polar surface area (TPSA) is 77.5 Å². The highest BCUT2D eigenvalue weighted by atomic mass is 32.1. The summed E-state index contributed by atoms with van der Waals surface area (Å²) in [5.41, 5.74) is 0.426. The number of thiazole rings is 1. The average molecular weight is 415 g/mol. The van der Waals surface area contributed by atoms with Crippen molar-refractivity contribution in [3.8, 4) is 0 Å². The standard InChI is InChI=1S/C19H14FN3O3S2/c1-2-8-22-17-13(20)4-3-5-15(17)28-19(22)21-18(24)16-10-11-9-12(23(25)26)6-7-14(11)27-16/h3-7,9-10H,2,8H2,1H3. The van der Waals surface area contributed by atoms with Crippen molar-refractivity contribution in [1.82, 2.24) is 4.57 Å². The Kier molecular flexibility index (Phi) is 4.78. The summed E-state index contributed by atoms with van der Waals surface area (Å²) < 4.78 is 17.5. The summed E-state index contributed by atoms with van der Waals surface area (Å²) in [7, 11) is 0. The Morgan fingerprint density at radius 2 is 2.04 bits per heavy atom. The van der Waals surface area contributed by atoms with Crippen molar-refractivity contribution in [3.63, 3.8) is 0 Å². The lowest BCUT2D eigenvalue weighted by atomic mass is 10.2. The van der Waals surface area contributed by atoms with Gasteiger partial charge in [0.1, 0.15) is 5.82 Å². The molecule has 0 atom stereocenters. The summed E-state index contributed by atoms with van der Waals surface area (Å²) in [6.07, 6.45) is 0.772. The number of rotatable bonds is 4. The van der Waals surface area contributed by atoms with Crippen molar-refractivity contribution >= 4 is 54.6 Å². The molecular weight excluding hydrogens is 401 g/mol. The minimum Gasteiger partial charge on any atom is -0.314 e. The normalized spacial score (nSPS) is 12.1. The lowest BCUT2D eigenvalue weighted by Crippen LogP contribution is -2.17. The van der Waals surface area contributed by atoms with Gasteiger partial charge in [-0.3, -0.25) is 14.9 Å². The van der Waals surface area contributed by atoms with Crippen LogP contribution < -0.4 is 4.80 Å². The first-order valence-electron chi connectivity index (χ1n) is 8.53. The fraction of sp³-hybridized carbons (Fsp3) is 0.158. The summed E-state index contributed by atoms with van der Waals surface area (Å²) in [6, 6.07) is 10.9. The van der Waals surface area contributed by atoms with Crippen LogP contribution in [0.25, 0.3) is 20.3 Å². The van der Waals surface area contributed by atoms with Crippen molar-refractivity contribution in [2.24, 2.45) is 4.99 Å². The molecule has 6 nitrogen and oxygen atoms in total. The number of aromatic nitrogens is 1. The molecule has 0 radical (unpaired) electrons. The number of para-hydroxylation sites is 1. The number of nitro groups is 1. The van der Waals surface area contributed by atoms with E-state index in [9.17, 15) is 19.3 Å². The number of nitro benzene ring substituents is 1. The van der Waals surface area contributed by atoms with Gasteiger partial charge in [0.25, 0.3) is 11.6 Å². The molecule has 0 N–H and O–H groups in total. The summed E-state index contributed by atoms with van der Waals surface area (Å²) in [6.45, 7) is 2.52. The number of halogens is 1. The fourth-order valence-electron chi connectivity index (χ4n) is 2.99. The van der Waals surface area contributed by atoms with E-state index in [0.717, 1.165) is 15.8 Å². The maximum absolute atomic E-state index is 14.3. The highest BCUT2D eigenvalue weighted by Crippen LogP contribution is 2.29. The van der Waals surface area contributed by atoms with Crippen LogP contribution in [0, 0.1) is 15.9 Å². The largest absolute Gasteiger partial charge is 0.314 e. The molecule has 0 aliphatic heterocycles. The van der Waals surface area contributed by atoms with Gasteiger partial charge in [0.15, 0.2) is 4.80 Å². The van der Waals surface area contributed by atoms with Crippen LogP contribution in [0.15, 0.2) is 47.5 Å². The first-order valence-corrected chi connectivity index (χ1v) is 10.2. The number of non-ortho nitro benzene ring substituents is 1. The average Bonchev–Trinajstić information content (AvgIpc) is 3.24. The van der Waals surface area contributed by atoms with Crippen LogP contribution in [0.5, 0.6) is 0 Å². The van der Waals surface area contributed by atoms with E-state index in [2.05, 4.69) is 4.99 Å². The molecule has 0 spiro atoms. The van der Waals surface area contributed by atoms with Gasteiger partial charge < -0.3 is 4.57 Å². The van der Waals surface area contributed by atoms with Gasteiger partial charge >= 0.3 is 0 Å². The van der Waals surface area contributed by atoms with Gasteiger partial charge in [0.2, 0.25) is 0 Å². The molecule has 2 aromatic carbocycles. The Hall–Kier alpha value is -2.91. The van der Waals surface area contributed by atoms with Crippen molar-refractivity contribution < 1.29 is 14.1 Å². The molecule has 0 aliphatic carbocycles. The fourth-order valence-corrected chi connectivity index (χ4v) is 4.99. The predicted molar refractivity (Wildman–Crippen MR) is 108 cm³/mol. The van der Waals surface area contributed by atoms with Crippen LogP contribution in [0.1, 0.15) is 23.0 Å². The molecule has 0 bridgehead atoms. The quantitative estimate of drug-likeness (QED) is 0.343. The second-order valence-corrected chi connectivity index (χ2v) is 8.22. The van der Waals surface area contributed by atoms with Crippen LogP contribution in [0.4, 0.5) is 10.1 Å². The van der Waals surface area contributed by atoms with Crippen LogP contribution in [-0.4, -0.2) is 15.4 Å². The lowest BCUT2D eigenvalue weighted by Gasteiger charge is -2.03. The lowest BCUT2D eigenvalue weighted by molar-refractivity contribution is -0.384. The minimum absolute atomic E-state index is 0.0259. The Balaban J connectivity index is 1.82. The Morgan fingerprint density at radius 1 is 1.21 bits per heavy atom. The van der Waals surface area contributed by atoms with Gasteiger partial charge in [0, 0.05) is 28.8 Å². The highest BCUT2D eigenvalue weighted by Gasteiger charge is 2.15. The number of aryl methyl sites for hydroxylation is 1. The van der Waals surface area contributed by atoms with Crippen molar-refractivity contribution in [2.75, 3.05) is 0 Å². The maximum atomic E-state index is 14.3. The van der Waals surface area contributed by atoms with Gasteiger partial charge in [-0.25, -0.2) is 4.39 Å². The Bertz CT molecular complexity index is 1300. The van der Waals surface area contributed by atoms with E-state index >= 15 is 0 Å². The predicted octanol–water partition coefficient (Wildman–Crippen LogP) is 5.12. The van der Waals surface area contributed by atoms with E-state index in [1.54, 1.807) is 28.8 Å². The van der Waals surface area contributed by atoms with E-state index in [-0.39, 0.29) is 11.5 Å². The second-order valence-electron chi connectivity index (χ2n) is 6.13. The van der Waals surface area contributed by atoms with Crippen LogP contribution in [-0.2, 0) is 6.54 Å². The molecule has 0 saturated heterocycles. The molecule has 4 rings (SSSR count). The number of thiophene rings is 1. The SMILES string of the molecule is CCCn1c(=NC(=O)c2cc3cc([N+](=O)[O-])ccc3s2)sc2cccc(F)c21. The number of nitrogens with zero attached hydrogens (tertiary/aromatic N) is 3. The molecule has 1 amide bonds. The van der Waals surface area contributed by atoms with Gasteiger partial charge in [-0.05, 0) is 30.7 Å². The Morgan fingerprint density at radius 3 is 2.79 bits per heavy atom. The molecule has 0 saturated carbocycles. The zero-order valence-corrected chi connectivity index (χ0v) is 16.3. The number of fused-ring (bicyclic) bond motifs is 2. The van der Waals surface area contributed by atoms with E-state index in [1.807, 2.05) is 6.92 Å². The molecule has 2 heterocycles. The molecule has 142 valence electrons. The molecule has 4 aromatic rings. The van der Waals surface area contributed by atoms with Gasteiger partial charge in [-0.2, -0.15) is 4.99 Å².